The fourth-order valence-corrected chi connectivity index (χ4v) is 3.32. The lowest BCUT2D eigenvalue weighted by Gasteiger charge is -2.14. The summed E-state index contributed by atoms with van der Waals surface area (Å²) >= 11 is 0. The van der Waals surface area contributed by atoms with Gasteiger partial charge in [0.25, 0.3) is 20.9 Å². The summed E-state index contributed by atoms with van der Waals surface area (Å²) in [5.41, 5.74) is 0.845. The molecule has 2 aromatic carbocycles. The number of rotatable bonds is 6. The monoisotopic (exact) mass is 379 g/mol. The van der Waals surface area contributed by atoms with Gasteiger partial charge < -0.3 is 4.74 Å². The molecule has 0 saturated heterocycles. The Morgan fingerprint density at radius 1 is 0.920 bits per heavy atom. The van der Waals surface area contributed by atoms with Crippen LogP contribution >= 0.6 is 10.7 Å². The van der Waals surface area contributed by atoms with Crippen LogP contribution in [0.1, 0.15) is 27.1 Å². The average molecular weight is 380 g/mol. The number of halogens is 1. The molecule has 0 aliphatic carbocycles. The molecule has 130 valence electrons. The molecule has 0 atom stereocenters. The Bertz CT molecular complexity index is 889. The maximum atomic E-state index is 12.2. The molecule has 0 spiro atoms. The number of hydrogen-bond acceptors (Lipinski definition) is 5. The third-order valence-electron chi connectivity index (χ3n) is 3.78. The minimum atomic E-state index is -3.76. The Morgan fingerprint density at radius 3 is 2.00 bits per heavy atom. The molecule has 0 bridgehead atoms. The summed E-state index contributed by atoms with van der Waals surface area (Å²) in [5, 5.41) is 0. The first-order valence-electron chi connectivity index (χ1n) is 7.50. The minimum Gasteiger partial charge on any atom is -0.494 e. The van der Waals surface area contributed by atoms with Crippen molar-refractivity contribution in [2.24, 2.45) is 0 Å². The molecule has 3 rings (SSSR count). The van der Waals surface area contributed by atoms with Crippen molar-refractivity contribution in [3.8, 4) is 5.75 Å². The third kappa shape index (κ3) is 3.67. The fraction of sp³-hybridized carbons (Fsp3) is 0.176. The standard InChI is InChI=1S/C17H14ClNO5S/c18-25(22,23)13-8-6-12(7-9-13)24-11-3-10-19-16(20)14-4-1-2-5-15(14)17(19)21/h1-2,4-9H,3,10-11H2. The van der Waals surface area contributed by atoms with E-state index in [4.69, 9.17) is 15.4 Å². The van der Waals surface area contributed by atoms with Crippen molar-refractivity contribution in [2.75, 3.05) is 13.2 Å². The molecule has 0 radical (unpaired) electrons. The minimum absolute atomic E-state index is 0.00691. The smallest absolute Gasteiger partial charge is 0.261 e. The highest BCUT2D eigenvalue weighted by molar-refractivity contribution is 8.13. The number of nitrogens with zero attached hydrogens (tertiary/aromatic N) is 1. The fourth-order valence-electron chi connectivity index (χ4n) is 2.55. The third-order valence-corrected chi connectivity index (χ3v) is 5.15. The largest absolute Gasteiger partial charge is 0.494 e. The van der Waals surface area contributed by atoms with Gasteiger partial charge in [-0.05, 0) is 42.8 Å². The van der Waals surface area contributed by atoms with Crippen LogP contribution in [0.4, 0.5) is 0 Å². The molecule has 0 N–H and O–H groups in total. The van der Waals surface area contributed by atoms with Gasteiger partial charge in [0.15, 0.2) is 0 Å². The molecular weight excluding hydrogens is 366 g/mol. The molecule has 6 nitrogen and oxygen atoms in total. The van der Waals surface area contributed by atoms with E-state index in [1.165, 1.54) is 29.2 Å². The zero-order chi connectivity index (χ0) is 18.0. The van der Waals surface area contributed by atoms with Crippen LogP contribution in [0, 0.1) is 0 Å². The highest BCUT2D eigenvalue weighted by Gasteiger charge is 2.34. The van der Waals surface area contributed by atoms with Crippen LogP contribution < -0.4 is 4.74 Å². The van der Waals surface area contributed by atoms with Crippen molar-refractivity contribution < 1.29 is 22.7 Å². The van der Waals surface area contributed by atoms with E-state index in [1.807, 2.05) is 0 Å². The summed E-state index contributed by atoms with van der Waals surface area (Å²) in [6, 6.07) is 12.4. The molecule has 2 aromatic rings. The van der Waals surface area contributed by atoms with E-state index in [2.05, 4.69) is 0 Å². The number of fused-ring (bicyclic) bond motifs is 1. The van der Waals surface area contributed by atoms with Crippen molar-refractivity contribution >= 4 is 31.5 Å². The average Bonchev–Trinajstić information content (AvgIpc) is 2.83. The maximum absolute atomic E-state index is 12.2. The van der Waals surface area contributed by atoms with Crippen LogP contribution in [0.2, 0.25) is 0 Å². The summed E-state index contributed by atoms with van der Waals surface area (Å²) in [5.74, 6) is -0.110. The molecule has 1 heterocycles. The molecule has 0 saturated carbocycles. The Kier molecular flexibility index (Phi) is 4.78. The van der Waals surface area contributed by atoms with Gasteiger partial charge in [-0.1, -0.05) is 12.1 Å². The van der Waals surface area contributed by atoms with Gasteiger partial charge in [-0.3, -0.25) is 14.5 Å². The van der Waals surface area contributed by atoms with Gasteiger partial charge in [-0.25, -0.2) is 8.42 Å². The topological polar surface area (TPSA) is 80.8 Å². The van der Waals surface area contributed by atoms with Crippen LogP contribution in [-0.2, 0) is 9.05 Å². The number of carbonyl (C=O) groups excluding carboxylic acids is 2. The van der Waals surface area contributed by atoms with E-state index >= 15 is 0 Å². The lowest BCUT2D eigenvalue weighted by Crippen LogP contribution is -2.31. The second kappa shape index (κ2) is 6.85. The molecule has 25 heavy (non-hydrogen) atoms. The van der Waals surface area contributed by atoms with E-state index in [1.54, 1.807) is 24.3 Å². The van der Waals surface area contributed by atoms with Crippen molar-refractivity contribution in [1.82, 2.24) is 4.90 Å². The van der Waals surface area contributed by atoms with E-state index < -0.39 is 9.05 Å². The van der Waals surface area contributed by atoms with Crippen LogP contribution in [0.25, 0.3) is 0 Å². The van der Waals surface area contributed by atoms with Gasteiger partial charge in [0.2, 0.25) is 0 Å². The van der Waals surface area contributed by atoms with E-state index in [0.717, 1.165) is 0 Å². The highest BCUT2D eigenvalue weighted by atomic mass is 35.7. The summed E-state index contributed by atoms with van der Waals surface area (Å²) in [6.45, 7) is 0.529. The van der Waals surface area contributed by atoms with Crippen molar-refractivity contribution in [3.63, 3.8) is 0 Å². The zero-order valence-electron chi connectivity index (χ0n) is 13.0. The number of ether oxygens (including phenoxy) is 1. The molecule has 0 fully saturated rings. The normalized spacial score (nSPS) is 13.9. The highest BCUT2D eigenvalue weighted by Crippen LogP contribution is 2.23. The van der Waals surface area contributed by atoms with Crippen LogP contribution in [-0.4, -0.2) is 38.3 Å². The summed E-state index contributed by atoms with van der Waals surface area (Å²) in [7, 11) is 1.48. The maximum Gasteiger partial charge on any atom is 0.261 e. The number of hydrogen-bond donors (Lipinski definition) is 0. The van der Waals surface area contributed by atoms with Gasteiger partial charge in [0.1, 0.15) is 5.75 Å². The van der Waals surface area contributed by atoms with E-state index in [0.29, 0.717) is 23.3 Å². The molecule has 0 aromatic heterocycles. The van der Waals surface area contributed by atoms with Crippen molar-refractivity contribution in [1.29, 1.82) is 0 Å². The first kappa shape index (κ1) is 17.4. The predicted octanol–water partition coefficient (Wildman–Crippen LogP) is 2.68. The molecule has 0 unspecified atom stereocenters. The number of imide groups is 1. The number of carbonyl (C=O) groups is 2. The molecular formula is C17H14ClNO5S. The first-order chi connectivity index (χ1) is 11.9. The molecule has 2 amide bonds. The zero-order valence-corrected chi connectivity index (χ0v) is 14.6. The second-order valence-corrected chi connectivity index (χ2v) is 7.98. The Hall–Kier alpha value is -2.38. The van der Waals surface area contributed by atoms with Crippen molar-refractivity contribution in [3.05, 3.63) is 59.7 Å². The van der Waals surface area contributed by atoms with E-state index in [9.17, 15) is 18.0 Å². The number of benzene rings is 2. The van der Waals surface area contributed by atoms with Gasteiger partial charge in [0.05, 0.1) is 22.6 Å². The predicted molar refractivity (Wildman–Crippen MR) is 91.4 cm³/mol. The van der Waals surface area contributed by atoms with Crippen LogP contribution in [0.5, 0.6) is 5.75 Å². The lowest BCUT2D eigenvalue weighted by molar-refractivity contribution is 0.0646. The Labute approximate surface area is 149 Å². The summed E-state index contributed by atoms with van der Waals surface area (Å²) < 4.78 is 27.8. The van der Waals surface area contributed by atoms with Gasteiger partial charge in [-0.2, -0.15) is 0 Å². The Balaban J connectivity index is 1.53. The molecule has 1 aliphatic rings. The van der Waals surface area contributed by atoms with Crippen molar-refractivity contribution in [2.45, 2.75) is 11.3 Å². The second-order valence-electron chi connectivity index (χ2n) is 5.42. The molecule has 1 aliphatic heterocycles. The van der Waals surface area contributed by atoms with E-state index in [-0.39, 0.29) is 29.9 Å². The van der Waals surface area contributed by atoms with Crippen LogP contribution in [0.3, 0.4) is 0 Å². The lowest BCUT2D eigenvalue weighted by atomic mass is 10.1. The molecule has 8 heteroatoms. The summed E-state index contributed by atoms with van der Waals surface area (Å²) in [4.78, 5) is 25.6. The van der Waals surface area contributed by atoms with Gasteiger partial charge >= 0.3 is 0 Å². The summed E-state index contributed by atoms with van der Waals surface area (Å²) in [6.07, 6.45) is 0.459. The quantitative estimate of drug-likeness (QED) is 0.438. The van der Waals surface area contributed by atoms with Crippen LogP contribution in [0.15, 0.2) is 53.4 Å². The van der Waals surface area contributed by atoms with Gasteiger partial charge in [0, 0.05) is 17.2 Å². The first-order valence-corrected chi connectivity index (χ1v) is 9.81. The number of amides is 2. The Morgan fingerprint density at radius 2 is 1.48 bits per heavy atom. The SMILES string of the molecule is O=C1c2ccccc2C(=O)N1CCCOc1ccc(S(=O)(=O)Cl)cc1. The van der Waals surface area contributed by atoms with Gasteiger partial charge in [-0.15, -0.1) is 0 Å².